The largest absolute Gasteiger partial charge is 0.465 e. The molecule has 1 aromatic carbocycles. The Labute approximate surface area is 145 Å². The highest BCUT2D eigenvalue weighted by Gasteiger charge is 2.18. The Bertz CT molecular complexity index is 832. The van der Waals surface area contributed by atoms with Crippen LogP contribution in [0.5, 0.6) is 6.01 Å². The zero-order valence-corrected chi connectivity index (χ0v) is 14.5. The molecule has 0 atom stereocenters. The summed E-state index contributed by atoms with van der Waals surface area (Å²) >= 11 is 5.97. The first-order chi connectivity index (χ1) is 11.5. The van der Waals surface area contributed by atoms with Crippen molar-refractivity contribution in [1.29, 1.82) is 0 Å². The van der Waals surface area contributed by atoms with Crippen LogP contribution in [0.15, 0.2) is 30.3 Å². The molecule has 0 spiro atoms. The number of nitrogens with zero attached hydrogens (tertiary/aromatic N) is 4. The van der Waals surface area contributed by atoms with Gasteiger partial charge in [-0.15, -0.1) is 0 Å². The van der Waals surface area contributed by atoms with Gasteiger partial charge in [-0.05, 0) is 29.5 Å². The van der Waals surface area contributed by atoms with Gasteiger partial charge in [-0.2, -0.15) is 15.0 Å². The van der Waals surface area contributed by atoms with Gasteiger partial charge in [-0.3, -0.25) is 4.57 Å². The van der Waals surface area contributed by atoms with Gasteiger partial charge < -0.3 is 10.5 Å². The number of anilines is 1. The van der Waals surface area contributed by atoms with Crippen LogP contribution in [0.4, 0.5) is 5.82 Å². The smallest absolute Gasteiger partial charge is 0.299 e. The Morgan fingerprint density at radius 1 is 1.17 bits per heavy atom. The molecule has 0 saturated heterocycles. The van der Waals surface area contributed by atoms with Gasteiger partial charge in [0.2, 0.25) is 5.28 Å². The van der Waals surface area contributed by atoms with E-state index >= 15 is 0 Å². The van der Waals surface area contributed by atoms with Crippen molar-refractivity contribution < 1.29 is 4.74 Å². The zero-order chi connectivity index (χ0) is 17.1. The number of halogens is 1. The minimum Gasteiger partial charge on any atom is -0.465 e. The fraction of sp³-hybridized carbons (Fsp3) is 0.353. The predicted octanol–water partition coefficient (Wildman–Crippen LogP) is 3.54. The van der Waals surface area contributed by atoms with Crippen LogP contribution in [0.25, 0.3) is 11.2 Å². The maximum Gasteiger partial charge on any atom is 0.299 e. The quantitative estimate of drug-likeness (QED) is 0.691. The van der Waals surface area contributed by atoms with Crippen LogP contribution < -0.4 is 10.5 Å². The van der Waals surface area contributed by atoms with Crippen LogP contribution in [-0.4, -0.2) is 26.1 Å². The Hall–Kier alpha value is -2.34. The van der Waals surface area contributed by atoms with E-state index in [0.717, 1.165) is 12.0 Å². The molecule has 3 aromatic rings. The summed E-state index contributed by atoms with van der Waals surface area (Å²) in [6.45, 7) is 5.46. The van der Waals surface area contributed by atoms with E-state index in [1.807, 2.05) is 34.9 Å². The first-order valence-electron chi connectivity index (χ1n) is 7.90. The third-order valence-corrected chi connectivity index (χ3v) is 3.84. The Morgan fingerprint density at radius 2 is 1.92 bits per heavy atom. The lowest BCUT2D eigenvalue weighted by molar-refractivity contribution is 0.260. The number of nitrogens with two attached hydrogens (primary N) is 1. The lowest BCUT2D eigenvalue weighted by Gasteiger charge is -2.10. The van der Waals surface area contributed by atoms with Gasteiger partial charge in [0.15, 0.2) is 17.0 Å². The highest BCUT2D eigenvalue weighted by molar-refractivity contribution is 6.28. The first kappa shape index (κ1) is 16.5. The SMILES string of the molecule is CC(C)CCOc1nc2c(N)nc(Cl)nc2n1Cc1ccccc1. The summed E-state index contributed by atoms with van der Waals surface area (Å²) in [6.07, 6.45) is 0.941. The van der Waals surface area contributed by atoms with Crippen LogP contribution in [-0.2, 0) is 6.54 Å². The molecule has 0 aliphatic carbocycles. The fourth-order valence-corrected chi connectivity index (χ4v) is 2.55. The molecule has 2 heterocycles. The van der Waals surface area contributed by atoms with E-state index in [4.69, 9.17) is 22.1 Å². The van der Waals surface area contributed by atoms with Crippen LogP contribution >= 0.6 is 11.6 Å². The van der Waals surface area contributed by atoms with Crippen molar-refractivity contribution in [3.63, 3.8) is 0 Å². The number of fused-ring (bicyclic) bond motifs is 1. The van der Waals surface area contributed by atoms with E-state index in [9.17, 15) is 0 Å². The normalized spacial score (nSPS) is 11.3. The monoisotopic (exact) mass is 345 g/mol. The summed E-state index contributed by atoms with van der Waals surface area (Å²) in [4.78, 5) is 12.7. The van der Waals surface area contributed by atoms with Gasteiger partial charge in [0, 0.05) is 0 Å². The van der Waals surface area contributed by atoms with Crippen molar-refractivity contribution in [3.05, 3.63) is 41.2 Å². The second kappa shape index (κ2) is 7.05. The Kier molecular flexibility index (Phi) is 4.85. The number of aromatic nitrogens is 4. The van der Waals surface area contributed by atoms with Crippen molar-refractivity contribution in [2.24, 2.45) is 5.92 Å². The molecule has 0 saturated carbocycles. The molecule has 24 heavy (non-hydrogen) atoms. The average Bonchev–Trinajstić information content (AvgIpc) is 2.87. The molecule has 0 unspecified atom stereocenters. The van der Waals surface area contributed by atoms with Crippen LogP contribution in [0.1, 0.15) is 25.8 Å². The molecular formula is C17H20ClN5O. The number of hydrogen-bond acceptors (Lipinski definition) is 5. The average molecular weight is 346 g/mol. The molecule has 2 aromatic heterocycles. The molecule has 0 amide bonds. The van der Waals surface area contributed by atoms with Crippen LogP contribution in [0.2, 0.25) is 5.28 Å². The maximum absolute atomic E-state index is 5.97. The minimum atomic E-state index is 0.0999. The summed E-state index contributed by atoms with van der Waals surface area (Å²) < 4.78 is 7.77. The zero-order valence-electron chi connectivity index (χ0n) is 13.7. The highest BCUT2D eigenvalue weighted by Crippen LogP contribution is 2.26. The molecule has 126 valence electrons. The number of rotatable bonds is 6. The van der Waals surface area contributed by atoms with Crippen molar-refractivity contribution >= 4 is 28.6 Å². The third kappa shape index (κ3) is 3.59. The molecule has 2 N–H and O–H groups in total. The lowest BCUT2D eigenvalue weighted by atomic mass is 10.1. The van der Waals surface area contributed by atoms with Gasteiger partial charge in [0.25, 0.3) is 6.01 Å². The summed E-state index contributed by atoms with van der Waals surface area (Å²) in [5.41, 5.74) is 8.14. The number of nitrogen functional groups attached to an aromatic ring is 1. The number of hydrogen-bond donors (Lipinski definition) is 1. The van der Waals surface area contributed by atoms with Crippen LogP contribution in [0.3, 0.4) is 0 Å². The van der Waals surface area contributed by atoms with Crippen molar-refractivity contribution in [3.8, 4) is 6.01 Å². The lowest BCUT2D eigenvalue weighted by Crippen LogP contribution is -2.08. The highest BCUT2D eigenvalue weighted by atomic mass is 35.5. The molecule has 0 aliphatic heterocycles. The van der Waals surface area contributed by atoms with Gasteiger partial charge in [0.05, 0.1) is 13.2 Å². The minimum absolute atomic E-state index is 0.0999. The summed E-state index contributed by atoms with van der Waals surface area (Å²) in [6, 6.07) is 10.5. The van der Waals surface area contributed by atoms with Gasteiger partial charge in [-0.25, -0.2) is 0 Å². The van der Waals surface area contributed by atoms with E-state index in [1.165, 1.54) is 0 Å². The van der Waals surface area contributed by atoms with E-state index in [2.05, 4.69) is 28.8 Å². The third-order valence-electron chi connectivity index (χ3n) is 3.67. The summed E-state index contributed by atoms with van der Waals surface area (Å²) in [5, 5.41) is 0.0999. The van der Waals surface area contributed by atoms with E-state index in [0.29, 0.717) is 36.2 Å². The number of imidazole rings is 1. The Balaban J connectivity index is 2.01. The molecule has 0 aliphatic rings. The van der Waals surface area contributed by atoms with Crippen LogP contribution in [0, 0.1) is 5.92 Å². The van der Waals surface area contributed by atoms with Gasteiger partial charge in [-0.1, -0.05) is 44.2 Å². The number of ether oxygens (including phenoxy) is 1. The van der Waals surface area contributed by atoms with Crippen molar-refractivity contribution in [2.75, 3.05) is 12.3 Å². The van der Waals surface area contributed by atoms with E-state index in [1.54, 1.807) is 0 Å². The molecule has 3 rings (SSSR count). The van der Waals surface area contributed by atoms with Gasteiger partial charge in [0.1, 0.15) is 0 Å². The predicted molar refractivity (Wildman–Crippen MR) is 95.2 cm³/mol. The Morgan fingerprint density at radius 3 is 2.62 bits per heavy atom. The second-order valence-electron chi connectivity index (χ2n) is 6.05. The second-order valence-corrected chi connectivity index (χ2v) is 6.39. The molecule has 0 fully saturated rings. The molecule has 7 heteroatoms. The standard InChI is InChI=1S/C17H20ClN5O/c1-11(2)8-9-24-17-20-13-14(19)21-16(18)22-15(13)23(17)10-12-6-4-3-5-7-12/h3-7,11H,8-10H2,1-2H3,(H2,19,21,22). The molecule has 6 nitrogen and oxygen atoms in total. The topological polar surface area (TPSA) is 78.8 Å². The maximum atomic E-state index is 5.97. The summed E-state index contributed by atoms with van der Waals surface area (Å²) in [5.74, 6) is 0.807. The number of benzene rings is 1. The fourth-order valence-electron chi connectivity index (χ4n) is 2.38. The summed E-state index contributed by atoms with van der Waals surface area (Å²) in [7, 11) is 0. The molecule has 0 bridgehead atoms. The van der Waals surface area contributed by atoms with E-state index in [-0.39, 0.29) is 11.1 Å². The molecular weight excluding hydrogens is 326 g/mol. The molecule has 0 radical (unpaired) electrons. The van der Waals surface area contributed by atoms with Gasteiger partial charge >= 0.3 is 0 Å². The van der Waals surface area contributed by atoms with Crippen molar-refractivity contribution in [2.45, 2.75) is 26.8 Å². The van der Waals surface area contributed by atoms with E-state index < -0.39 is 0 Å². The van der Waals surface area contributed by atoms with Crippen molar-refractivity contribution in [1.82, 2.24) is 19.5 Å². The first-order valence-corrected chi connectivity index (χ1v) is 8.28.